The summed E-state index contributed by atoms with van der Waals surface area (Å²) in [6, 6.07) is 19.7. The molecule has 0 aliphatic heterocycles. The second-order valence-corrected chi connectivity index (χ2v) is 5.73. The highest BCUT2D eigenvalue weighted by Crippen LogP contribution is 2.16. The molecule has 1 N–H and O–H groups in total. The van der Waals surface area contributed by atoms with E-state index in [1.54, 1.807) is 0 Å². The molecule has 2 heteroatoms. The van der Waals surface area contributed by atoms with Crippen molar-refractivity contribution in [1.82, 2.24) is 10.2 Å². The Bertz CT molecular complexity index is 534. The molecule has 2 nitrogen and oxygen atoms in total. The maximum atomic E-state index is 3.72. The summed E-state index contributed by atoms with van der Waals surface area (Å²) in [5, 5.41) is 3.72. The van der Waals surface area contributed by atoms with Gasteiger partial charge in [-0.15, -0.1) is 0 Å². The van der Waals surface area contributed by atoms with Gasteiger partial charge in [0.05, 0.1) is 0 Å². The van der Waals surface area contributed by atoms with Crippen molar-refractivity contribution < 1.29 is 0 Å². The van der Waals surface area contributed by atoms with Crippen molar-refractivity contribution in [3.05, 3.63) is 71.3 Å². The zero-order valence-corrected chi connectivity index (χ0v) is 13.3. The third kappa shape index (κ3) is 4.69. The molecule has 2 rings (SSSR count). The fourth-order valence-electron chi connectivity index (χ4n) is 2.65. The van der Waals surface area contributed by atoms with Crippen LogP contribution in [0.4, 0.5) is 0 Å². The number of likely N-dealkylation sites (N-methyl/N-ethyl adjacent to an activating group) is 1. The van der Waals surface area contributed by atoms with Crippen LogP contribution in [0.15, 0.2) is 54.6 Å². The van der Waals surface area contributed by atoms with Crippen LogP contribution in [0.2, 0.25) is 0 Å². The van der Waals surface area contributed by atoms with Gasteiger partial charge in [-0.25, -0.2) is 0 Å². The molecule has 2 aromatic carbocycles. The van der Waals surface area contributed by atoms with Crippen molar-refractivity contribution in [1.29, 1.82) is 0 Å². The predicted molar refractivity (Wildman–Crippen MR) is 90.4 cm³/mol. The van der Waals surface area contributed by atoms with Crippen molar-refractivity contribution in [3.8, 4) is 0 Å². The lowest BCUT2D eigenvalue weighted by atomic mass is 10.0. The molecule has 0 aliphatic carbocycles. The molecule has 0 radical (unpaired) electrons. The highest BCUT2D eigenvalue weighted by Gasteiger charge is 2.12. The molecule has 0 spiro atoms. The first-order valence-corrected chi connectivity index (χ1v) is 7.70. The van der Waals surface area contributed by atoms with Crippen molar-refractivity contribution in [2.24, 2.45) is 0 Å². The molecule has 21 heavy (non-hydrogen) atoms. The lowest BCUT2D eigenvalue weighted by molar-refractivity contribution is 0.340. The monoisotopic (exact) mass is 282 g/mol. The minimum absolute atomic E-state index is 0.353. The van der Waals surface area contributed by atoms with Gasteiger partial charge in [0.2, 0.25) is 0 Å². The predicted octanol–water partition coefficient (Wildman–Crippen LogP) is 3.64. The normalized spacial score (nSPS) is 12.6. The average Bonchev–Trinajstić information content (AvgIpc) is 2.52. The summed E-state index contributed by atoms with van der Waals surface area (Å²) >= 11 is 0. The average molecular weight is 282 g/mol. The molecule has 112 valence electrons. The van der Waals surface area contributed by atoms with Crippen LogP contribution in [0.25, 0.3) is 0 Å². The Morgan fingerprint density at radius 2 is 1.52 bits per heavy atom. The lowest BCUT2D eigenvalue weighted by Crippen LogP contribution is -2.31. The number of aryl methyl sites for hydroxylation is 1. The summed E-state index contributed by atoms with van der Waals surface area (Å²) in [4.78, 5) is 2.23. The van der Waals surface area contributed by atoms with E-state index in [1.807, 2.05) is 0 Å². The van der Waals surface area contributed by atoms with Gasteiger partial charge in [0.1, 0.15) is 0 Å². The first kappa shape index (κ1) is 15.7. The number of hydrogen-bond acceptors (Lipinski definition) is 2. The van der Waals surface area contributed by atoms with E-state index in [2.05, 4.69) is 85.8 Å². The fraction of sp³-hybridized carbons (Fsp3) is 0.368. The van der Waals surface area contributed by atoms with E-state index in [0.29, 0.717) is 6.04 Å². The fourth-order valence-corrected chi connectivity index (χ4v) is 2.65. The van der Waals surface area contributed by atoms with E-state index in [1.165, 1.54) is 16.7 Å². The Morgan fingerprint density at radius 1 is 0.905 bits per heavy atom. The molecule has 0 amide bonds. The molecular formula is C19H26N2. The van der Waals surface area contributed by atoms with Crippen molar-refractivity contribution in [2.45, 2.75) is 25.9 Å². The van der Waals surface area contributed by atoms with Gasteiger partial charge in [0.15, 0.2) is 0 Å². The van der Waals surface area contributed by atoms with E-state index in [9.17, 15) is 0 Å². The van der Waals surface area contributed by atoms with Crippen LogP contribution in [0.5, 0.6) is 0 Å². The van der Waals surface area contributed by atoms with Crippen molar-refractivity contribution in [3.63, 3.8) is 0 Å². The van der Waals surface area contributed by atoms with Crippen LogP contribution in [-0.2, 0) is 13.0 Å². The highest BCUT2D eigenvalue weighted by atomic mass is 15.1. The van der Waals surface area contributed by atoms with Gasteiger partial charge in [-0.3, -0.25) is 0 Å². The maximum absolute atomic E-state index is 3.72. The molecule has 2 aromatic rings. The van der Waals surface area contributed by atoms with Crippen LogP contribution in [-0.4, -0.2) is 25.5 Å². The minimum atomic E-state index is 0.353. The van der Waals surface area contributed by atoms with Crippen LogP contribution >= 0.6 is 0 Å². The maximum Gasteiger partial charge on any atom is 0.0451 e. The standard InChI is InChI=1S/C19H26N2/c1-4-16-10-8-9-13-18(16)14-20-19(15-21(2)3)17-11-6-5-7-12-17/h5-13,19-20H,4,14-15H2,1-3H3. The van der Waals surface area contributed by atoms with Gasteiger partial charge in [-0.05, 0) is 37.2 Å². The van der Waals surface area contributed by atoms with Crippen LogP contribution in [0.1, 0.15) is 29.7 Å². The topological polar surface area (TPSA) is 15.3 Å². The van der Waals surface area contributed by atoms with E-state index in [4.69, 9.17) is 0 Å². The largest absolute Gasteiger partial charge is 0.308 e. The number of rotatable bonds is 7. The van der Waals surface area contributed by atoms with Crippen LogP contribution < -0.4 is 5.32 Å². The summed E-state index contributed by atoms with van der Waals surface area (Å²) in [5.74, 6) is 0. The second kappa shape index (κ2) is 7.96. The lowest BCUT2D eigenvalue weighted by Gasteiger charge is -2.23. The molecule has 1 unspecified atom stereocenters. The number of nitrogens with one attached hydrogen (secondary N) is 1. The zero-order chi connectivity index (χ0) is 15.1. The minimum Gasteiger partial charge on any atom is -0.308 e. The second-order valence-electron chi connectivity index (χ2n) is 5.73. The van der Waals surface area contributed by atoms with Gasteiger partial charge >= 0.3 is 0 Å². The third-order valence-electron chi connectivity index (χ3n) is 3.79. The summed E-state index contributed by atoms with van der Waals surface area (Å²) in [6.07, 6.45) is 1.08. The first-order valence-electron chi connectivity index (χ1n) is 7.70. The first-order chi connectivity index (χ1) is 10.2. The third-order valence-corrected chi connectivity index (χ3v) is 3.79. The SMILES string of the molecule is CCc1ccccc1CNC(CN(C)C)c1ccccc1. The van der Waals surface area contributed by atoms with Gasteiger partial charge in [-0.1, -0.05) is 61.5 Å². The Hall–Kier alpha value is -1.64. The highest BCUT2D eigenvalue weighted by molar-refractivity contribution is 5.27. The summed E-state index contributed by atoms with van der Waals surface area (Å²) in [6.45, 7) is 4.13. The Labute approximate surface area is 128 Å². The van der Waals surface area contributed by atoms with Crippen LogP contribution in [0.3, 0.4) is 0 Å². The van der Waals surface area contributed by atoms with E-state index in [-0.39, 0.29) is 0 Å². The summed E-state index contributed by atoms with van der Waals surface area (Å²) < 4.78 is 0. The molecular weight excluding hydrogens is 256 g/mol. The summed E-state index contributed by atoms with van der Waals surface area (Å²) in [7, 11) is 4.25. The number of nitrogens with zero attached hydrogens (tertiary/aromatic N) is 1. The molecule has 0 heterocycles. The smallest absolute Gasteiger partial charge is 0.0451 e. The Morgan fingerprint density at radius 3 is 2.14 bits per heavy atom. The van der Waals surface area contributed by atoms with Crippen molar-refractivity contribution in [2.75, 3.05) is 20.6 Å². The summed E-state index contributed by atoms with van der Waals surface area (Å²) in [5.41, 5.74) is 4.18. The van der Waals surface area contributed by atoms with Gasteiger partial charge < -0.3 is 10.2 Å². The molecule has 0 fully saturated rings. The quantitative estimate of drug-likeness (QED) is 0.834. The van der Waals surface area contributed by atoms with Gasteiger partial charge in [0, 0.05) is 19.1 Å². The number of hydrogen-bond donors (Lipinski definition) is 1. The van der Waals surface area contributed by atoms with E-state index >= 15 is 0 Å². The van der Waals surface area contributed by atoms with Gasteiger partial charge in [0.25, 0.3) is 0 Å². The molecule has 0 bridgehead atoms. The molecule has 1 atom stereocenters. The van der Waals surface area contributed by atoms with E-state index < -0.39 is 0 Å². The molecule has 0 saturated carbocycles. The number of benzene rings is 2. The Kier molecular flexibility index (Phi) is 5.97. The molecule has 0 aromatic heterocycles. The van der Waals surface area contributed by atoms with Crippen LogP contribution in [0, 0.1) is 0 Å². The van der Waals surface area contributed by atoms with Gasteiger partial charge in [-0.2, -0.15) is 0 Å². The molecule has 0 aliphatic rings. The Balaban J connectivity index is 2.09. The van der Waals surface area contributed by atoms with Crippen molar-refractivity contribution >= 4 is 0 Å². The van der Waals surface area contributed by atoms with E-state index in [0.717, 1.165) is 19.5 Å². The molecule has 0 saturated heterocycles. The zero-order valence-electron chi connectivity index (χ0n) is 13.3.